The highest BCUT2D eigenvalue weighted by Crippen LogP contribution is 2.45. The van der Waals surface area contributed by atoms with Crippen LogP contribution in [-0.2, 0) is 13.6 Å². The van der Waals surface area contributed by atoms with Gasteiger partial charge in [-0.15, -0.1) is 0 Å². The third kappa shape index (κ3) is 2.26. The number of anilines is 4. The van der Waals surface area contributed by atoms with Crippen molar-refractivity contribution in [2.45, 2.75) is 6.54 Å². The summed E-state index contributed by atoms with van der Waals surface area (Å²) in [6.45, 7) is 0.730. The third-order valence-electron chi connectivity index (χ3n) is 4.19. The molecular weight excluding hydrogens is 308 g/mol. The summed E-state index contributed by atoms with van der Waals surface area (Å²) in [4.78, 5) is 4.36. The van der Waals surface area contributed by atoms with Crippen molar-refractivity contribution in [2.24, 2.45) is 7.05 Å². The predicted octanol–water partition coefficient (Wildman–Crippen LogP) is 4.49. The summed E-state index contributed by atoms with van der Waals surface area (Å²) in [6.07, 6.45) is 2.07. The molecule has 4 nitrogen and oxygen atoms in total. The van der Waals surface area contributed by atoms with Crippen molar-refractivity contribution in [1.82, 2.24) is 9.78 Å². The van der Waals surface area contributed by atoms with Crippen molar-refractivity contribution < 1.29 is 0 Å². The van der Waals surface area contributed by atoms with E-state index < -0.39 is 0 Å². The van der Waals surface area contributed by atoms with Crippen molar-refractivity contribution >= 4 is 34.5 Å². The lowest BCUT2D eigenvalue weighted by Crippen LogP contribution is -2.16. The fraction of sp³-hybridized carbons (Fsp3) is 0.167. The Morgan fingerprint density at radius 3 is 2.57 bits per heavy atom. The number of rotatable bonds is 1. The SMILES string of the molecule is CN1c2cccc(Cl)c2N(c2ccccc2)Cc2cn(C)nc21. The summed E-state index contributed by atoms with van der Waals surface area (Å²) in [6, 6.07) is 16.3. The highest BCUT2D eigenvalue weighted by Gasteiger charge is 2.27. The van der Waals surface area contributed by atoms with Crippen LogP contribution in [0, 0.1) is 0 Å². The third-order valence-corrected chi connectivity index (χ3v) is 4.50. The maximum Gasteiger partial charge on any atom is 0.159 e. The Balaban J connectivity index is 1.98. The van der Waals surface area contributed by atoms with Gasteiger partial charge in [0.2, 0.25) is 0 Å². The first-order valence-electron chi connectivity index (χ1n) is 7.52. The average Bonchev–Trinajstić information content (AvgIpc) is 2.88. The molecule has 3 aromatic rings. The summed E-state index contributed by atoms with van der Waals surface area (Å²) >= 11 is 6.57. The number of hydrogen-bond acceptors (Lipinski definition) is 3. The second kappa shape index (κ2) is 5.32. The van der Waals surface area contributed by atoms with E-state index in [-0.39, 0.29) is 0 Å². The number of halogens is 1. The van der Waals surface area contributed by atoms with E-state index in [9.17, 15) is 0 Å². The van der Waals surface area contributed by atoms with Gasteiger partial charge in [-0.1, -0.05) is 35.9 Å². The molecule has 0 unspecified atom stereocenters. The van der Waals surface area contributed by atoms with E-state index in [2.05, 4.69) is 39.3 Å². The van der Waals surface area contributed by atoms with E-state index in [4.69, 9.17) is 11.6 Å². The maximum absolute atomic E-state index is 6.57. The number of para-hydroxylation sites is 2. The molecule has 0 amide bonds. The molecule has 1 aliphatic heterocycles. The lowest BCUT2D eigenvalue weighted by molar-refractivity contribution is 0.763. The predicted molar refractivity (Wildman–Crippen MR) is 95.0 cm³/mol. The van der Waals surface area contributed by atoms with Crippen molar-refractivity contribution in [1.29, 1.82) is 0 Å². The molecule has 0 N–H and O–H groups in total. The van der Waals surface area contributed by atoms with Gasteiger partial charge in [-0.2, -0.15) is 5.10 Å². The monoisotopic (exact) mass is 324 g/mol. The van der Waals surface area contributed by atoms with Crippen LogP contribution in [0.15, 0.2) is 54.7 Å². The van der Waals surface area contributed by atoms with Crippen LogP contribution < -0.4 is 9.80 Å². The Hall–Kier alpha value is -2.46. The molecule has 1 aromatic heterocycles. The number of aromatic nitrogens is 2. The molecule has 0 bridgehead atoms. The molecule has 116 valence electrons. The molecule has 0 aliphatic carbocycles. The Morgan fingerprint density at radius 1 is 1.00 bits per heavy atom. The van der Waals surface area contributed by atoms with Gasteiger partial charge in [0, 0.05) is 31.5 Å². The highest BCUT2D eigenvalue weighted by molar-refractivity contribution is 6.34. The van der Waals surface area contributed by atoms with Gasteiger partial charge in [-0.05, 0) is 24.3 Å². The molecule has 0 spiro atoms. The molecule has 2 aromatic carbocycles. The second-order valence-corrected chi connectivity index (χ2v) is 6.15. The van der Waals surface area contributed by atoms with E-state index in [1.807, 2.05) is 49.1 Å². The molecule has 5 heteroatoms. The van der Waals surface area contributed by atoms with Gasteiger partial charge in [-0.25, -0.2) is 0 Å². The van der Waals surface area contributed by atoms with Gasteiger partial charge in [0.1, 0.15) is 0 Å². The summed E-state index contributed by atoms with van der Waals surface area (Å²) in [7, 11) is 3.99. The minimum absolute atomic E-state index is 0.730. The highest BCUT2D eigenvalue weighted by atomic mass is 35.5. The fourth-order valence-corrected chi connectivity index (χ4v) is 3.42. The zero-order valence-corrected chi connectivity index (χ0v) is 13.8. The molecule has 23 heavy (non-hydrogen) atoms. The number of aryl methyl sites for hydroxylation is 1. The van der Waals surface area contributed by atoms with Crippen molar-refractivity contribution in [3.05, 3.63) is 65.3 Å². The van der Waals surface area contributed by atoms with Crippen LogP contribution in [0.3, 0.4) is 0 Å². The first kappa shape index (κ1) is 14.2. The molecule has 0 fully saturated rings. The van der Waals surface area contributed by atoms with Gasteiger partial charge in [0.05, 0.1) is 22.9 Å². The Bertz CT molecular complexity index is 857. The van der Waals surface area contributed by atoms with Gasteiger partial charge < -0.3 is 9.80 Å². The zero-order chi connectivity index (χ0) is 16.0. The van der Waals surface area contributed by atoms with Crippen LogP contribution in [0.2, 0.25) is 5.02 Å². The lowest BCUT2D eigenvalue weighted by atomic mass is 10.2. The molecule has 1 aliphatic rings. The largest absolute Gasteiger partial charge is 0.334 e. The standard InChI is InChI=1S/C18H17ClN4/c1-21-11-13-12-23(14-7-4-3-5-8-14)17-15(19)9-6-10-16(17)22(2)18(13)20-21/h3-11H,12H2,1-2H3. The van der Waals surface area contributed by atoms with E-state index in [0.717, 1.165) is 34.4 Å². The smallest absolute Gasteiger partial charge is 0.159 e. The number of benzene rings is 2. The maximum atomic E-state index is 6.57. The van der Waals surface area contributed by atoms with Gasteiger partial charge in [0.15, 0.2) is 5.82 Å². The molecule has 0 saturated carbocycles. The van der Waals surface area contributed by atoms with Crippen LogP contribution >= 0.6 is 11.6 Å². The van der Waals surface area contributed by atoms with Crippen LogP contribution in [0.25, 0.3) is 0 Å². The Labute approximate surface area is 140 Å². The summed E-state index contributed by atoms with van der Waals surface area (Å²) in [5.41, 5.74) is 4.36. The van der Waals surface area contributed by atoms with Crippen molar-refractivity contribution in [3.63, 3.8) is 0 Å². The lowest BCUT2D eigenvalue weighted by Gasteiger charge is -2.27. The number of nitrogens with zero attached hydrogens (tertiary/aromatic N) is 4. The quantitative estimate of drug-likeness (QED) is 0.659. The molecule has 0 radical (unpaired) electrons. The van der Waals surface area contributed by atoms with Crippen LogP contribution in [-0.4, -0.2) is 16.8 Å². The minimum Gasteiger partial charge on any atom is -0.334 e. The topological polar surface area (TPSA) is 24.3 Å². The molecule has 4 rings (SSSR count). The number of hydrogen-bond donors (Lipinski definition) is 0. The number of fused-ring (bicyclic) bond motifs is 2. The van der Waals surface area contributed by atoms with E-state index >= 15 is 0 Å². The van der Waals surface area contributed by atoms with Gasteiger partial charge in [-0.3, -0.25) is 4.68 Å². The summed E-state index contributed by atoms with van der Waals surface area (Å²) in [5.74, 6) is 0.967. The zero-order valence-electron chi connectivity index (χ0n) is 13.1. The van der Waals surface area contributed by atoms with Crippen LogP contribution in [0.5, 0.6) is 0 Å². The average molecular weight is 325 g/mol. The van der Waals surface area contributed by atoms with E-state index in [0.29, 0.717) is 0 Å². The van der Waals surface area contributed by atoms with Crippen molar-refractivity contribution in [3.8, 4) is 0 Å². The van der Waals surface area contributed by atoms with Crippen LogP contribution in [0.4, 0.5) is 22.9 Å². The normalized spacial score (nSPS) is 13.5. The minimum atomic E-state index is 0.730. The first-order valence-corrected chi connectivity index (χ1v) is 7.90. The molecular formula is C18H17ClN4. The summed E-state index contributed by atoms with van der Waals surface area (Å²) in [5, 5.41) is 5.36. The van der Waals surface area contributed by atoms with Gasteiger partial charge >= 0.3 is 0 Å². The Kier molecular flexibility index (Phi) is 3.27. The van der Waals surface area contributed by atoms with E-state index in [1.165, 1.54) is 5.56 Å². The van der Waals surface area contributed by atoms with Crippen LogP contribution in [0.1, 0.15) is 5.56 Å². The molecule has 2 heterocycles. The first-order chi connectivity index (χ1) is 11.1. The fourth-order valence-electron chi connectivity index (χ4n) is 3.15. The molecule has 0 saturated heterocycles. The van der Waals surface area contributed by atoms with Crippen molar-refractivity contribution in [2.75, 3.05) is 16.8 Å². The van der Waals surface area contributed by atoms with Gasteiger partial charge in [0.25, 0.3) is 0 Å². The van der Waals surface area contributed by atoms with E-state index in [1.54, 1.807) is 0 Å². The summed E-state index contributed by atoms with van der Waals surface area (Å²) < 4.78 is 1.86. The Morgan fingerprint density at radius 2 is 1.78 bits per heavy atom. The second-order valence-electron chi connectivity index (χ2n) is 5.74. The molecule has 0 atom stereocenters.